The average molecular weight is 463 g/mol. The second-order valence-electron chi connectivity index (χ2n) is 8.39. The summed E-state index contributed by atoms with van der Waals surface area (Å²) in [6.45, 7) is 1.58. The number of alkyl carbamates (subject to hydrolysis) is 1. The highest BCUT2D eigenvalue weighted by molar-refractivity contribution is 5.90. The molecule has 0 bridgehead atoms. The van der Waals surface area contributed by atoms with Crippen LogP contribution in [0.15, 0.2) is 48.5 Å². The highest BCUT2D eigenvalue weighted by Crippen LogP contribution is 2.44. The molecule has 2 aromatic carbocycles. The molecule has 0 aromatic heterocycles. The van der Waals surface area contributed by atoms with Gasteiger partial charge in [-0.1, -0.05) is 48.5 Å². The third-order valence-corrected chi connectivity index (χ3v) is 6.26. The van der Waals surface area contributed by atoms with Crippen LogP contribution < -0.4 is 5.32 Å². The van der Waals surface area contributed by atoms with Gasteiger partial charge < -0.3 is 25.2 Å². The van der Waals surface area contributed by atoms with Crippen LogP contribution in [0.3, 0.4) is 0 Å². The van der Waals surface area contributed by atoms with E-state index >= 15 is 0 Å². The fourth-order valence-corrected chi connectivity index (χ4v) is 4.68. The predicted octanol–water partition coefficient (Wildman–Crippen LogP) is 2.35. The fraction of sp³-hybridized carbons (Fsp3) is 0.346. The summed E-state index contributed by atoms with van der Waals surface area (Å²) >= 11 is 0. The van der Waals surface area contributed by atoms with Crippen LogP contribution in [0, 0.1) is 11.8 Å². The predicted molar refractivity (Wildman–Crippen MR) is 124 cm³/mol. The SMILES string of the molecule is CC#CCC(NC(=O)OCC1c2ccccc2-c2ccccc21)C(=O)N1CC(O)CC1C(=O)O. The third-order valence-electron chi connectivity index (χ3n) is 6.26. The molecule has 2 aliphatic rings. The van der Waals surface area contributed by atoms with Gasteiger partial charge in [-0.3, -0.25) is 4.79 Å². The standard InChI is InChI=1S/C26H26N2O6/c1-2-3-12-22(24(30)28-14-16(29)13-23(28)25(31)32)27-26(33)34-15-21-19-10-6-4-8-17(19)18-9-5-7-11-20(18)21/h4-11,16,21-23,29H,12-15H2,1H3,(H,27,33)(H,31,32). The number of hydrogen-bond acceptors (Lipinski definition) is 5. The van der Waals surface area contributed by atoms with E-state index in [1.807, 2.05) is 48.5 Å². The molecule has 0 saturated carbocycles. The van der Waals surface area contributed by atoms with E-state index in [1.165, 1.54) is 0 Å². The monoisotopic (exact) mass is 462 g/mol. The Morgan fingerprint density at radius 2 is 1.74 bits per heavy atom. The number of carboxylic acids is 1. The number of aliphatic hydroxyl groups excluding tert-OH is 1. The number of carbonyl (C=O) groups excluding carboxylic acids is 2. The summed E-state index contributed by atoms with van der Waals surface area (Å²) in [6, 6.07) is 13.7. The lowest BCUT2D eigenvalue weighted by atomic mass is 9.98. The van der Waals surface area contributed by atoms with E-state index in [1.54, 1.807) is 6.92 Å². The molecular weight excluding hydrogens is 436 g/mol. The smallest absolute Gasteiger partial charge is 0.407 e. The number of carbonyl (C=O) groups is 3. The van der Waals surface area contributed by atoms with Gasteiger partial charge in [0.25, 0.3) is 0 Å². The number of rotatable bonds is 6. The molecule has 8 nitrogen and oxygen atoms in total. The first kappa shape index (κ1) is 23.3. The quantitative estimate of drug-likeness (QED) is 0.568. The Balaban J connectivity index is 1.45. The summed E-state index contributed by atoms with van der Waals surface area (Å²) < 4.78 is 5.52. The Hall–Kier alpha value is -3.83. The van der Waals surface area contributed by atoms with Crippen molar-refractivity contribution in [2.75, 3.05) is 13.2 Å². The first-order chi connectivity index (χ1) is 16.4. The van der Waals surface area contributed by atoms with Gasteiger partial charge in [-0.2, -0.15) is 0 Å². The van der Waals surface area contributed by atoms with Crippen LogP contribution in [-0.4, -0.2) is 64.4 Å². The first-order valence-corrected chi connectivity index (χ1v) is 11.1. The Bertz CT molecular complexity index is 1120. The zero-order chi connectivity index (χ0) is 24.2. The number of amides is 2. The van der Waals surface area contributed by atoms with Crippen LogP contribution >= 0.6 is 0 Å². The maximum Gasteiger partial charge on any atom is 0.407 e. The zero-order valence-corrected chi connectivity index (χ0v) is 18.7. The number of likely N-dealkylation sites (tertiary alicyclic amines) is 1. The molecule has 1 aliphatic carbocycles. The molecule has 3 unspecified atom stereocenters. The minimum Gasteiger partial charge on any atom is -0.480 e. The van der Waals surface area contributed by atoms with Gasteiger partial charge in [0.15, 0.2) is 0 Å². The number of carboxylic acid groups (broad SMARTS) is 1. The Morgan fingerprint density at radius 3 is 2.32 bits per heavy atom. The summed E-state index contributed by atoms with van der Waals surface area (Å²) in [6.07, 6.45) is -1.78. The van der Waals surface area contributed by atoms with Gasteiger partial charge in [-0.05, 0) is 29.2 Å². The van der Waals surface area contributed by atoms with Gasteiger partial charge in [0.05, 0.1) is 6.10 Å². The Morgan fingerprint density at radius 1 is 1.12 bits per heavy atom. The van der Waals surface area contributed by atoms with E-state index in [0.717, 1.165) is 27.2 Å². The van der Waals surface area contributed by atoms with E-state index in [9.17, 15) is 24.6 Å². The molecule has 0 radical (unpaired) electrons. The van der Waals surface area contributed by atoms with E-state index in [2.05, 4.69) is 17.2 Å². The van der Waals surface area contributed by atoms with E-state index in [-0.39, 0.29) is 31.9 Å². The summed E-state index contributed by atoms with van der Waals surface area (Å²) in [7, 11) is 0. The van der Waals surface area contributed by atoms with Crippen molar-refractivity contribution in [3.63, 3.8) is 0 Å². The molecule has 4 rings (SSSR count). The lowest BCUT2D eigenvalue weighted by Crippen LogP contribution is -2.52. The second kappa shape index (κ2) is 9.98. The van der Waals surface area contributed by atoms with Crippen molar-refractivity contribution >= 4 is 18.0 Å². The fourth-order valence-electron chi connectivity index (χ4n) is 4.68. The number of hydrogen-bond donors (Lipinski definition) is 3. The summed E-state index contributed by atoms with van der Waals surface area (Å²) in [5.74, 6) is 3.49. The van der Waals surface area contributed by atoms with Crippen LogP contribution in [0.1, 0.15) is 36.8 Å². The molecule has 1 aliphatic heterocycles. The number of benzene rings is 2. The van der Waals surface area contributed by atoms with Crippen molar-refractivity contribution < 1.29 is 29.3 Å². The molecular formula is C26H26N2O6. The molecule has 2 aromatic rings. The topological polar surface area (TPSA) is 116 Å². The first-order valence-electron chi connectivity index (χ1n) is 11.1. The minimum absolute atomic E-state index is 0.00152. The van der Waals surface area contributed by atoms with Crippen molar-refractivity contribution in [3.8, 4) is 23.0 Å². The number of aliphatic hydroxyl groups is 1. The van der Waals surface area contributed by atoms with Gasteiger partial charge in [0.2, 0.25) is 5.91 Å². The van der Waals surface area contributed by atoms with Crippen molar-refractivity contribution in [2.45, 2.75) is 43.9 Å². The van der Waals surface area contributed by atoms with Crippen LogP contribution in [0.4, 0.5) is 4.79 Å². The maximum atomic E-state index is 13.0. The number of aliphatic carboxylic acids is 1. The van der Waals surface area contributed by atoms with E-state index < -0.39 is 36.2 Å². The third kappa shape index (κ3) is 4.61. The zero-order valence-electron chi connectivity index (χ0n) is 18.7. The van der Waals surface area contributed by atoms with Crippen LogP contribution in [0.2, 0.25) is 0 Å². The van der Waals surface area contributed by atoms with Crippen molar-refractivity contribution in [3.05, 3.63) is 59.7 Å². The lowest BCUT2D eigenvalue weighted by Gasteiger charge is -2.26. The summed E-state index contributed by atoms with van der Waals surface area (Å²) in [4.78, 5) is 38.3. The van der Waals surface area contributed by atoms with Crippen LogP contribution in [0.25, 0.3) is 11.1 Å². The largest absolute Gasteiger partial charge is 0.480 e. The minimum atomic E-state index is -1.20. The van der Waals surface area contributed by atoms with Crippen LogP contribution in [0.5, 0.6) is 0 Å². The van der Waals surface area contributed by atoms with E-state index in [0.29, 0.717) is 0 Å². The maximum absolute atomic E-state index is 13.0. The number of ether oxygens (including phenoxy) is 1. The molecule has 2 amide bonds. The van der Waals surface area contributed by atoms with Gasteiger partial charge in [-0.25, -0.2) is 9.59 Å². The van der Waals surface area contributed by atoms with Gasteiger partial charge in [0.1, 0.15) is 18.7 Å². The highest BCUT2D eigenvalue weighted by atomic mass is 16.5. The summed E-state index contributed by atoms with van der Waals surface area (Å²) in [5, 5.41) is 21.8. The van der Waals surface area contributed by atoms with Crippen molar-refractivity contribution in [1.82, 2.24) is 10.2 Å². The van der Waals surface area contributed by atoms with Crippen LogP contribution in [-0.2, 0) is 14.3 Å². The number of β-amino-alcohol motifs (C(OH)–C–C–N with tert-alkyl or cyclic N) is 1. The number of nitrogens with zero attached hydrogens (tertiary/aromatic N) is 1. The van der Waals surface area contributed by atoms with Gasteiger partial charge >= 0.3 is 12.1 Å². The summed E-state index contributed by atoms with van der Waals surface area (Å²) in [5.41, 5.74) is 4.34. The van der Waals surface area contributed by atoms with Crippen molar-refractivity contribution in [2.24, 2.45) is 0 Å². The molecule has 0 spiro atoms. The van der Waals surface area contributed by atoms with E-state index in [4.69, 9.17) is 4.74 Å². The highest BCUT2D eigenvalue weighted by Gasteiger charge is 2.41. The molecule has 3 atom stereocenters. The average Bonchev–Trinajstić information content (AvgIpc) is 3.38. The molecule has 1 saturated heterocycles. The van der Waals surface area contributed by atoms with Gasteiger partial charge in [0, 0.05) is 25.3 Å². The second-order valence-corrected chi connectivity index (χ2v) is 8.39. The molecule has 1 fully saturated rings. The molecule has 34 heavy (non-hydrogen) atoms. The lowest BCUT2D eigenvalue weighted by molar-refractivity contribution is -0.148. The Labute approximate surface area is 197 Å². The van der Waals surface area contributed by atoms with Crippen molar-refractivity contribution in [1.29, 1.82) is 0 Å². The molecule has 1 heterocycles. The number of fused-ring (bicyclic) bond motifs is 3. The van der Waals surface area contributed by atoms with Gasteiger partial charge in [-0.15, -0.1) is 11.8 Å². The number of nitrogens with one attached hydrogen (secondary N) is 1. The Kier molecular flexibility index (Phi) is 6.85. The normalized spacial score (nSPS) is 19.4. The molecule has 8 heteroatoms. The molecule has 176 valence electrons. The molecule has 3 N–H and O–H groups in total.